The van der Waals surface area contributed by atoms with Crippen LogP contribution in [0, 0.1) is 6.92 Å². The summed E-state index contributed by atoms with van der Waals surface area (Å²) < 4.78 is 0. The van der Waals surface area contributed by atoms with Gasteiger partial charge in [0.25, 0.3) is 5.91 Å². The van der Waals surface area contributed by atoms with Gasteiger partial charge in [0, 0.05) is 31.4 Å². The molecule has 1 aliphatic rings. The van der Waals surface area contributed by atoms with Gasteiger partial charge >= 0.3 is 0 Å². The highest BCUT2D eigenvalue weighted by molar-refractivity contribution is 6.05. The van der Waals surface area contributed by atoms with Crippen LogP contribution >= 0.6 is 0 Å². The molecule has 1 aromatic carbocycles. The second-order valence-electron chi connectivity index (χ2n) is 6.20. The minimum atomic E-state index is -0.0799. The molecule has 1 aromatic heterocycles. The first-order chi connectivity index (χ1) is 11.7. The molecular formula is C19H24N4O. The zero-order chi connectivity index (χ0) is 16.9. The maximum absolute atomic E-state index is 12.9. The number of benzene rings is 1. The number of hydrogen-bond acceptors (Lipinski definition) is 4. The summed E-state index contributed by atoms with van der Waals surface area (Å²) in [5, 5.41) is 0. The first-order valence-electron chi connectivity index (χ1n) is 8.64. The molecule has 126 valence electrons. The van der Waals surface area contributed by atoms with Crippen molar-refractivity contribution in [1.82, 2.24) is 9.97 Å². The van der Waals surface area contributed by atoms with Gasteiger partial charge in [0.1, 0.15) is 17.8 Å². The molecule has 0 saturated carbocycles. The van der Waals surface area contributed by atoms with Crippen molar-refractivity contribution in [2.45, 2.75) is 33.1 Å². The predicted octanol–water partition coefficient (Wildman–Crippen LogP) is 3.44. The van der Waals surface area contributed by atoms with Crippen molar-refractivity contribution >= 4 is 17.4 Å². The number of anilines is 2. The molecule has 1 saturated heterocycles. The Bertz CT molecular complexity index is 710. The fourth-order valence-corrected chi connectivity index (χ4v) is 3.14. The number of carbonyl (C=O) groups excluding carboxylic acids is 1. The molecular weight excluding hydrogens is 300 g/mol. The molecule has 1 aliphatic heterocycles. The van der Waals surface area contributed by atoms with Crippen molar-refractivity contribution in [2.75, 3.05) is 29.4 Å². The van der Waals surface area contributed by atoms with Crippen molar-refractivity contribution in [3.63, 3.8) is 0 Å². The van der Waals surface area contributed by atoms with Gasteiger partial charge in [0.05, 0.1) is 0 Å². The van der Waals surface area contributed by atoms with Crippen LogP contribution in [0.1, 0.15) is 42.2 Å². The SMILES string of the molecule is CCN(C(=O)c1cc(N2CCCCC2)ncn1)c1cccc(C)c1. The number of aromatic nitrogens is 2. The van der Waals surface area contributed by atoms with E-state index >= 15 is 0 Å². The molecule has 0 bridgehead atoms. The second-order valence-corrected chi connectivity index (χ2v) is 6.20. The third-order valence-electron chi connectivity index (χ3n) is 4.43. The maximum atomic E-state index is 12.9. The van der Waals surface area contributed by atoms with Crippen molar-refractivity contribution < 1.29 is 4.79 Å². The molecule has 0 spiro atoms. The smallest absolute Gasteiger partial charge is 0.277 e. The third-order valence-corrected chi connectivity index (χ3v) is 4.43. The quantitative estimate of drug-likeness (QED) is 0.864. The van der Waals surface area contributed by atoms with E-state index in [4.69, 9.17) is 0 Å². The number of hydrogen-bond donors (Lipinski definition) is 0. The van der Waals surface area contributed by atoms with Crippen LogP contribution in [0.25, 0.3) is 0 Å². The van der Waals surface area contributed by atoms with Crippen molar-refractivity contribution in [1.29, 1.82) is 0 Å². The molecule has 2 aromatic rings. The Morgan fingerprint density at radius 1 is 1.17 bits per heavy atom. The molecule has 24 heavy (non-hydrogen) atoms. The molecule has 5 nitrogen and oxygen atoms in total. The number of piperidine rings is 1. The second kappa shape index (κ2) is 7.43. The molecule has 2 heterocycles. The molecule has 0 N–H and O–H groups in total. The predicted molar refractivity (Wildman–Crippen MR) is 96.6 cm³/mol. The molecule has 0 radical (unpaired) electrons. The van der Waals surface area contributed by atoms with E-state index in [0.29, 0.717) is 12.2 Å². The third kappa shape index (κ3) is 3.55. The maximum Gasteiger partial charge on any atom is 0.277 e. The Kier molecular flexibility index (Phi) is 5.08. The molecule has 0 atom stereocenters. The summed E-state index contributed by atoms with van der Waals surface area (Å²) >= 11 is 0. The first kappa shape index (κ1) is 16.4. The summed E-state index contributed by atoms with van der Waals surface area (Å²) in [4.78, 5) is 25.5. The number of rotatable bonds is 4. The number of amides is 1. The van der Waals surface area contributed by atoms with E-state index in [1.54, 1.807) is 4.90 Å². The lowest BCUT2D eigenvalue weighted by molar-refractivity contribution is 0.0983. The Morgan fingerprint density at radius 3 is 2.67 bits per heavy atom. The van der Waals surface area contributed by atoms with Gasteiger partial charge in [-0.1, -0.05) is 12.1 Å². The highest BCUT2D eigenvalue weighted by Crippen LogP contribution is 2.21. The van der Waals surface area contributed by atoms with Crippen LogP contribution < -0.4 is 9.80 Å². The van der Waals surface area contributed by atoms with E-state index < -0.39 is 0 Å². The average molecular weight is 324 g/mol. The number of aryl methyl sites for hydroxylation is 1. The van der Waals surface area contributed by atoms with Crippen LogP contribution in [0.4, 0.5) is 11.5 Å². The molecule has 3 rings (SSSR count). The number of carbonyl (C=O) groups is 1. The van der Waals surface area contributed by atoms with Gasteiger partial charge in [-0.05, 0) is 50.8 Å². The Morgan fingerprint density at radius 2 is 1.96 bits per heavy atom. The standard InChI is InChI=1S/C19H24N4O/c1-3-23(16-9-7-8-15(2)12-16)19(24)17-13-18(21-14-20-17)22-10-5-4-6-11-22/h7-9,12-14H,3-6,10-11H2,1-2H3. The Balaban J connectivity index is 1.85. The van der Waals surface area contributed by atoms with E-state index in [1.165, 1.54) is 25.6 Å². The normalized spacial score (nSPS) is 14.5. The van der Waals surface area contributed by atoms with E-state index in [-0.39, 0.29) is 5.91 Å². The highest BCUT2D eigenvalue weighted by Gasteiger charge is 2.20. The summed E-state index contributed by atoms with van der Waals surface area (Å²) in [6, 6.07) is 9.81. The Hall–Kier alpha value is -2.43. The Labute approximate surface area is 143 Å². The lowest BCUT2D eigenvalue weighted by Gasteiger charge is -2.28. The van der Waals surface area contributed by atoms with Gasteiger partial charge in [0.15, 0.2) is 0 Å². The first-order valence-corrected chi connectivity index (χ1v) is 8.64. The average Bonchev–Trinajstić information content (AvgIpc) is 2.63. The zero-order valence-electron chi connectivity index (χ0n) is 14.4. The molecule has 0 aliphatic carbocycles. The van der Waals surface area contributed by atoms with Gasteiger partial charge in [-0.2, -0.15) is 0 Å². The van der Waals surface area contributed by atoms with Crippen molar-refractivity contribution in [3.05, 3.63) is 47.9 Å². The molecule has 5 heteroatoms. The van der Waals surface area contributed by atoms with Crippen LogP contribution in [0.15, 0.2) is 36.7 Å². The van der Waals surface area contributed by atoms with Gasteiger partial charge < -0.3 is 9.80 Å². The summed E-state index contributed by atoms with van der Waals surface area (Å²) in [6.07, 6.45) is 5.13. The molecule has 1 amide bonds. The number of nitrogens with zero attached hydrogens (tertiary/aromatic N) is 4. The van der Waals surface area contributed by atoms with Gasteiger partial charge in [-0.15, -0.1) is 0 Å². The fourth-order valence-electron chi connectivity index (χ4n) is 3.14. The van der Waals surface area contributed by atoms with E-state index in [2.05, 4.69) is 14.9 Å². The lowest BCUT2D eigenvalue weighted by Crippen LogP contribution is -2.33. The van der Waals surface area contributed by atoms with Crippen LogP contribution in [0.3, 0.4) is 0 Å². The highest BCUT2D eigenvalue weighted by atomic mass is 16.2. The van der Waals surface area contributed by atoms with Gasteiger partial charge in [0.2, 0.25) is 0 Å². The zero-order valence-corrected chi connectivity index (χ0v) is 14.4. The topological polar surface area (TPSA) is 49.3 Å². The minimum Gasteiger partial charge on any atom is -0.357 e. The summed E-state index contributed by atoms with van der Waals surface area (Å²) in [5.41, 5.74) is 2.49. The lowest BCUT2D eigenvalue weighted by atomic mass is 10.1. The van der Waals surface area contributed by atoms with Crippen LogP contribution in [0.5, 0.6) is 0 Å². The minimum absolute atomic E-state index is 0.0799. The monoisotopic (exact) mass is 324 g/mol. The van der Waals surface area contributed by atoms with Crippen LogP contribution in [0.2, 0.25) is 0 Å². The van der Waals surface area contributed by atoms with E-state index in [0.717, 1.165) is 30.2 Å². The van der Waals surface area contributed by atoms with Crippen molar-refractivity contribution in [3.8, 4) is 0 Å². The van der Waals surface area contributed by atoms with Gasteiger partial charge in [-0.25, -0.2) is 9.97 Å². The van der Waals surface area contributed by atoms with Crippen LogP contribution in [-0.2, 0) is 0 Å². The molecule has 1 fully saturated rings. The van der Waals surface area contributed by atoms with E-state index in [9.17, 15) is 4.79 Å². The summed E-state index contributed by atoms with van der Waals surface area (Å²) in [6.45, 7) is 6.61. The van der Waals surface area contributed by atoms with Crippen LogP contribution in [-0.4, -0.2) is 35.5 Å². The fraction of sp³-hybridized carbons (Fsp3) is 0.421. The van der Waals surface area contributed by atoms with Gasteiger partial charge in [-0.3, -0.25) is 4.79 Å². The van der Waals surface area contributed by atoms with E-state index in [1.807, 2.05) is 44.2 Å². The largest absolute Gasteiger partial charge is 0.357 e. The molecule has 0 unspecified atom stereocenters. The summed E-state index contributed by atoms with van der Waals surface area (Å²) in [5.74, 6) is 0.775. The summed E-state index contributed by atoms with van der Waals surface area (Å²) in [7, 11) is 0. The van der Waals surface area contributed by atoms with Crippen molar-refractivity contribution in [2.24, 2.45) is 0 Å².